The molecule has 0 amide bonds. The van der Waals surface area contributed by atoms with Gasteiger partial charge in [-0.2, -0.15) is 0 Å². The molecule has 0 saturated heterocycles. The smallest absolute Gasteiger partial charge is 0.102 e. The van der Waals surface area contributed by atoms with Gasteiger partial charge in [-0.05, 0) is 32.0 Å². The van der Waals surface area contributed by atoms with Crippen LogP contribution in [-0.4, -0.2) is 50.4 Å². The molecule has 3 nitrogen and oxygen atoms in total. The monoisotopic (exact) mass is 323 g/mol. The van der Waals surface area contributed by atoms with Crippen LogP contribution in [0.5, 0.6) is 0 Å². The summed E-state index contributed by atoms with van der Waals surface area (Å²) in [5, 5.41) is 0. The molecular formula is C17H40ClN2O+. The molecule has 0 saturated carbocycles. The summed E-state index contributed by atoms with van der Waals surface area (Å²) in [4.78, 5) is 2.84. The standard InChI is InChI=1S/C15H34ClN2O.C2H6/c1-6-7-8-9-13-19-14-12-18(4,5)11-10-15(2,3)17-16;1-2/h17H,6-14H2,1-5H3;1-2H3/q+1;. The molecule has 0 aliphatic rings. The molecule has 0 spiro atoms. The number of hydrogen-bond acceptors (Lipinski definition) is 2. The first kappa shape index (κ1) is 23.4. The van der Waals surface area contributed by atoms with Crippen LogP contribution >= 0.6 is 11.8 Å². The summed E-state index contributed by atoms with van der Waals surface area (Å²) >= 11 is 5.73. The number of ether oxygens (including phenoxy) is 1. The molecule has 0 aromatic rings. The second-order valence-electron chi connectivity index (χ2n) is 6.78. The lowest BCUT2D eigenvalue weighted by atomic mass is 10.0. The van der Waals surface area contributed by atoms with Gasteiger partial charge >= 0.3 is 0 Å². The van der Waals surface area contributed by atoms with Gasteiger partial charge in [0.1, 0.15) is 6.54 Å². The van der Waals surface area contributed by atoms with Crippen LogP contribution < -0.4 is 4.84 Å². The van der Waals surface area contributed by atoms with Crippen LogP contribution in [0.25, 0.3) is 0 Å². The highest BCUT2D eigenvalue weighted by Crippen LogP contribution is 2.12. The Hall–Kier alpha value is 0.170. The maximum Gasteiger partial charge on any atom is 0.102 e. The molecule has 130 valence electrons. The summed E-state index contributed by atoms with van der Waals surface area (Å²) in [5.74, 6) is 0. The summed E-state index contributed by atoms with van der Waals surface area (Å²) in [7, 11) is 4.51. The van der Waals surface area contributed by atoms with Gasteiger partial charge in [0.05, 0.1) is 27.2 Å². The minimum absolute atomic E-state index is 0.00190. The van der Waals surface area contributed by atoms with E-state index >= 15 is 0 Å². The minimum Gasteiger partial charge on any atom is -0.376 e. The highest BCUT2D eigenvalue weighted by molar-refractivity contribution is 6.13. The van der Waals surface area contributed by atoms with Crippen molar-refractivity contribution in [2.24, 2.45) is 0 Å². The van der Waals surface area contributed by atoms with Crippen LogP contribution in [0.1, 0.15) is 66.7 Å². The largest absolute Gasteiger partial charge is 0.376 e. The highest BCUT2D eigenvalue weighted by Gasteiger charge is 2.22. The van der Waals surface area contributed by atoms with Crippen molar-refractivity contribution in [2.45, 2.75) is 72.3 Å². The summed E-state index contributed by atoms with van der Waals surface area (Å²) in [6, 6.07) is 0. The Kier molecular flexibility index (Phi) is 15.4. The van der Waals surface area contributed by atoms with Crippen LogP contribution in [0.4, 0.5) is 0 Å². The molecule has 0 unspecified atom stereocenters. The molecule has 0 rings (SSSR count). The van der Waals surface area contributed by atoms with Gasteiger partial charge in [-0.1, -0.05) is 40.0 Å². The quantitative estimate of drug-likeness (QED) is 0.322. The van der Waals surface area contributed by atoms with E-state index in [0.29, 0.717) is 0 Å². The van der Waals surface area contributed by atoms with Crippen molar-refractivity contribution in [2.75, 3.05) is 40.4 Å². The molecule has 0 aliphatic carbocycles. The Morgan fingerprint density at radius 2 is 1.62 bits per heavy atom. The Bertz CT molecular complexity index is 221. The molecule has 0 aromatic carbocycles. The SMILES string of the molecule is CC.CCCCCCOCC[N+](C)(C)CCC(C)(C)NCl. The molecule has 1 N–H and O–H groups in total. The number of halogens is 1. The molecule has 0 fully saturated rings. The van der Waals surface area contributed by atoms with Crippen LogP contribution in [0.3, 0.4) is 0 Å². The van der Waals surface area contributed by atoms with Crippen molar-refractivity contribution in [3.63, 3.8) is 0 Å². The molecule has 0 aromatic heterocycles. The average Bonchev–Trinajstić information content (AvgIpc) is 2.47. The average molecular weight is 324 g/mol. The summed E-state index contributed by atoms with van der Waals surface area (Å²) in [6.07, 6.45) is 6.16. The van der Waals surface area contributed by atoms with Crippen molar-refractivity contribution in [3.8, 4) is 0 Å². The Morgan fingerprint density at radius 3 is 2.14 bits per heavy atom. The zero-order chi connectivity index (χ0) is 16.8. The van der Waals surface area contributed by atoms with Gasteiger partial charge < -0.3 is 9.22 Å². The van der Waals surface area contributed by atoms with Gasteiger partial charge in [0.15, 0.2) is 0 Å². The van der Waals surface area contributed by atoms with Crippen molar-refractivity contribution in [1.29, 1.82) is 0 Å². The first-order valence-electron chi connectivity index (χ1n) is 8.60. The van der Waals surface area contributed by atoms with Crippen LogP contribution in [0.2, 0.25) is 0 Å². The van der Waals surface area contributed by atoms with Crippen molar-refractivity contribution < 1.29 is 9.22 Å². The number of quaternary nitrogens is 1. The first-order valence-corrected chi connectivity index (χ1v) is 8.98. The summed E-state index contributed by atoms with van der Waals surface area (Å²) in [5.41, 5.74) is -0.00190. The third kappa shape index (κ3) is 16.4. The summed E-state index contributed by atoms with van der Waals surface area (Å²) < 4.78 is 6.70. The Balaban J connectivity index is 0. The fourth-order valence-corrected chi connectivity index (χ4v) is 1.88. The lowest BCUT2D eigenvalue weighted by molar-refractivity contribution is -0.891. The van der Waals surface area contributed by atoms with Crippen LogP contribution in [0.15, 0.2) is 0 Å². The van der Waals surface area contributed by atoms with E-state index < -0.39 is 0 Å². The maximum atomic E-state index is 5.73. The van der Waals surface area contributed by atoms with Crippen molar-refractivity contribution >= 4 is 11.8 Å². The third-order valence-electron chi connectivity index (χ3n) is 3.58. The van der Waals surface area contributed by atoms with Gasteiger partial charge in [0, 0.05) is 18.6 Å². The van der Waals surface area contributed by atoms with Gasteiger partial charge in [-0.3, -0.25) is 0 Å². The number of rotatable bonds is 12. The normalized spacial score (nSPS) is 12.0. The van der Waals surface area contributed by atoms with E-state index in [9.17, 15) is 0 Å². The number of unbranched alkanes of at least 4 members (excludes halogenated alkanes) is 3. The highest BCUT2D eigenvalue weighted by atomic mass is 35.5. The van der Waals surface area contributed by atoms with Crippen LogP contribution in [0, 0.1) is 0 Å². The molecule has 0 atom stereocenters. The molecule has 0 heterocycles. The van der Waals surface area contributed by atoms with Crippen LogP contribution in [-0.2, 0) is 4.74 Å². The molecule has 0 radical (unpaired) electrons. The molecule has 21 heavy (non-hydrogen) atoms. The second kappa shape index (κ2) is 13.8. The molecule has 4 heteroatoms. The van der Waals surface area contributed by atoms with E-state index in [4.69, 9.17) is 16.5 Å². The number of likely N-dealkylation sites (N-methyl/N-ethyl adjacent to an activating group) is 1. The van der Waals surface area contributed by atoms with Gasteiger partial charge in [-0.25, -0.2) is 4.84 Å². The Labute approximate surface area is 139 Å². The fourth-order valence-electron chi connectivity index (χ4n) is 1.79. The van der Waals surface area contributed by atoms with Crippen molar-refractivity contribution in [3.05, 3.63) is 0 Å². The van der Waals surface area contributed by atoms with Crippen molar-refractivity contribution in [1.82, 2.24) is 4.84 Å². The third-order valence-corrected chi connectivity index (χ3v) is 4.09. The lowest BCUT2D eigenvalue weighted by Crippen LogP contribution is -2.47. The van der Waals surface area contributed by atoms with Gasteiger partial charge in [0.2, 0.25) is 0 Å². The number of nitrogens with one attached hydrogen (secondary N) is 1. The predicted octanol–water partition coefficient (Wildman–Crippen LogP) is 4.60. The lowest BCUT2D eigenvalue weighted by Gasteiger charge is -2.33. The molecule has 0 aliphatic heterocycles. The second-order valence-corrected chi connectivity index (χ2v) is 6.97. The van der Waals surface area contributed by atoms with E-state index in [0.717, 1.165) is 37.2 Å². The predicted molar refractivity (Wildman–Crippen MR) is 95.8 cm³/mol. The van der Waals surface area contributed by atoms with E-state index in [-0.39, 0.29) is 5.54 Å². The Morgan fingerprint density at radius 1 is 1.00 bits per heavy atom. The molecular weight excluding hydrogens is 284 g/mol. The first-order chi connectivity index (χ1) is 9.83. The summed E-state index contributed by atoms with van der Waals surface area (Å²) in [6.45, 7) is 14.4. The van der Waals surface area contributed by atoms with Gasteiger partial charge in [-0.15, -0.1) is 0 Å². The zero-order valence-corrected chi connectivity index (χ0v) is 16.4. The van der Waals surface area contributed by atoms with E-state index in [2.05, 4.69) is 39.7 Å². The van der Waals surface area contributed by atoms with E-state index in [1.807, 2.05) is 13.8 Å². The number of hydrogen-bond donors (Lipinski definition) is 1. The number of nitrogens with zero attached hydrogens (tertiary/aromatic N) is 1. The zero-order valence-electron chi connectivity index (χ0n) is 15.6. The molecule has 0 bridgehead atoms. The van der Waals surface area contributed by atoms with E-state index in [1.165, 1.54) is 25.7 Å². The maximum absolute atomic E-state index is 5.73. The topological polar surface area (TPSA) is 21.3 Å². The van der Waals surface area contributed by atoms with E-state index in [1.54, 1.807) is 0 Å². The van der Waals surface area contributed by atoms with Gasteiger partial charge in [0.25, 0.3) is 0 Å². The minimum atomic E-state index is -0.00190. The fraction of sp³-hybridized carbons (Fsp3) is 1.00.